The molecule has 1 fully saturated rings. The molecule has 0 aromatic heterocycles. The van der Waals surface area contributed by atoms with Gasteiger partial charge in [-0.3, -0.25) is 10.0 Å². The second-order valence-corrected chi connectivity index (χ2v) is 9.73. The number of nitrogens with one attached hydrogen (secondary N) is 2. The number of carbonyl (C=O) groups is 1. The van der Waals surface area contributed by atoms with E-state index in [-0.39, 0.29) is 35.2 Å². The molecule has 2 aromatic carbocycles. The van der Waals surface area contributed by atoms with Crippen molar-refractivity contribution in [2.24, 2.45) is 0 Å². The predicted octanol–water partition coefficient (Wildman–Crippen LogP) is 1.96. The highest BCUT2D eigenvalue weighted by Gasteiger charge is 2.51. The highest BCUT2D eigenvalue weighted by Crippen LogP contribution is 2.40. The third-order valence-corrected chi connectivity index (χ3v) is 7.98. The number of hydrogen-bond acceptors (Lipinski definition) is 7. The number of hydrogen-bond donors (Lipinski definition) is 4. The van der Waals surface area contributed by atoms with Crippen LogP contribution in [0.25, 0.3) is 0 Å². The number of methoxy groups -OCH3 is 1. The Bertz CT molecular complexity index is 1110. The van der Waals surface area contributed by atoms with Crippen LogP contribution in [0.1, 0.15) is 35.7 Å². The SMILES string of the molecule is CCN(O)S(=O)(=O)C(NC(=O)c1c(O)cccc1OC)C1(c2cccc(F)c2)CCNCC1. The van der Waals surface area contributed by atoms with Crippen LogP contribution in [-0.2, 0) is 15.4 Å². The molecule has 11 heteroatoms. The molecule has 1 aliphatic rings. The fourth-order valence-electron chi connectivity index (χ4n) is 4.28. The molecule has 0 spiro atoms. The molecular weight excluding hydrogens is 453 g/mol. The van der Waals surface area contributed by atoms with Gasteiger partial charge in [0.05, 0.1) is 7.11 Å². The molecule has 2 aromatic rings. The van der Waals surface area contributed by atoms with Gasteiger partial charge in [0.15, 0.2) is 5.37 Å². The highest BCUT2D eigenvalue weighted by atomic mass is 32.2. The Labute approximate surface area is 192 Å². The van der Waals surface area contributed by atoms with Crippen LogP contribution >= 0.6 is 0 Å². The minimum Gasteiger partial charge on any atom is -0.507 e. The van der Waals surface area contributed by atoms with E-state index >= 15 is 0 Å². The maximum Gasteiger partial charge on any atom is 0.259 e. The molecule has 0 aliphatic carbocycles. The number of nitrogens with zero attached hydrogens (tertiary/aromatic N) is 1. The number of ether oxygens (including phenoxy) is 1. The predicted molar refractivity (Wildman–Crippen MR) is 119 cm³/mol. The average Bonchev–Trinajstić information content (AvgIpc) is 2.81. The van der Waals surface area contributed by atoms with Crippen molar-refractivity contribution in [2.75, 3.05) is 26.7 Å². The number of carbonyl (C=O) groups excluding carboxylic acids is 1. The Kier molecular flexibility index (Phi) is 7.58. The summed E-state index contributed by atoms with van der Waals surface area (Å²) in [7, 11) is -3.21. The smallest absolute Gasteiger partial charge is 0.259 e. The molecule has 1 heterocycles. The van der Waals surface area contributed by atoms with Crippen LogP contribution in [0.2, 0.25) is 0 Å². The number of amides is 1. The normalized spacial score (nSPS) is 16.9. The summed E-state index contributed by atoms with van der Waals surface area (Å²) in [6.45, 7) is 2.01. The van der Waals surface area contributed by atoms with Gasteiger partial charge < -0.3 is 20.5 Å². The van der Waals surface area contributed by atoms with Gasteiger partial charge >= 0.3 is 0 Å². The molecule has 4 N–H and O–H groups in total. The molecule has 0 bridgehead atoms. The summed E-state index contributed by atoms with van der Waals surface area (Å²) in [6, 6.07) is 9.78. The van der Waals surface area contributed by atoms with Gasteiger partial charge in [-0.2, -0.15) is 0 Å². The van der Waals surface area contributed by atoms with Gasteiger partial charge in [0, 0.05) is 12.0 Å². The fourth-order valence-corrected chi connectivity index (χ4v) is 6.08. The summed E-state index contributed by atoms with van der Waals surface area (Å²) in [5, 5.41) is 24.6. The van der Waals surface area contributed by atoms with E-state index in [1.165, 1.54) is 50.4 Å². The first-order valence-corrected chi connectivity index (χ1v) is 12.0. The molecule has 180 valence electrons. The first-order valence-electron chi connectivity index (χ1n) is 10.5. The third kappa shape index (κ3) is 4.81. The lowest BCUT2D eigenvalue weighted by molar-refractivity contribution is 0.00499. The van der Waals surface area contributed by atoms with Crippen LogP contribution in [0.5, 0.6) is 11.5 Å². The molecule has 0 saturated carbocycles. The number of phenols is 1. The molecule has 1 atom stereocenters. The minimum absolute atomic E-state index is 0.0464. The minimum atomic E-state index is -4.52. The third-order valence-electron chi connectivity index (χ3n) is 5.97. The zero-order valence-electron chi connectivity index (χ0n) is 18.4. The molecule has 1 amide bonds. The number of halogens is 1. The second kappa shape index (κ2) is 10.0. The number of aromatic hydroxyl groups is 1. The maximum atomic E-state index is 14.2. The van der Waals surface area contributed by atoms with Crippen molar-refractivity contribution in [3.05, 3.63) is 59.4 Å². The maximum absolute atomic E-state index is 14.2. The topological polar surface area (TPSA) is 128 Å². The van der Waals surface area contributed by atoms with Crippen LogP contribution in [0.4, 0.5) is 4.39 Å². The summed E-state index contributed by atoms with van der Waals surface area (Å²) in [4.78, 5) is 13.3. The Balaban J connectivity index is 2.18. The molecule has 1 aliphatic heterocycles. The van der Waals surface area contributed by atoms with Gasteiger partial charge in [-0.25, -0.2) is 12.8 Å². The van der Waals surface area contributed by atoms with E-state index in [0.29, 0.717) is 18.7 Å². The van der Waals surface area contributed by atoms with Gasteiger partial charge in [0.1, 0.15) is 22.9 Å². The number of benzene rings is 2. The highest BCUT2D eigenvalue weighted by molar-refractivity contribution is 7.89. The lowest BCUT2D eigenvalue weighted by Crippen LogP contribution is -2.61. The molecule has 0 radical (unpaired) electrons. The Morgan fingerprint density at radius 1 is 1.27 bits per heavy atom. The zero-order chi connectivity index (χ0) is 24.2. The van der Waals surface area contributed by atoms with Crippen molar-refractivity contribution in [1.82, 2.24) is 15.1 Å². The van der Waals surface area contributed by atoms with E-state index < -0.39 is 38.3 Å². The molecule has 33 heavy (non-hydrogen) atoms. The van der Waals surface area contributed by atoms with Gasteiger partial charge in [0.2, 0.25) is 0 Å². The van der Waals surface area contributed by atoms with Crippen LogP contribution in [-0.4, -0.2) is 61.2 Å². The first-order chi connectivity index (χ1) is 15.7. The number of sulfonamides is 1. The summed E-state index contributed by atoms with van der Waals surface area (Å²) >= 11 is 0. The molecule has 3 rings (SSSR count). The Hall–Kier alpha value is -2.73. The van der Waals surface area contributed by atoms with Crippen LogP contribution < -0.4 is 15.4 Å². The quantitative estimate of drug-likeness (QED) is 0.424. The average molecular weight is 482 g/mol. The van der Waals surface area contributed by atoms with Crippen molar-refractivity contribution in [2.45, 2.75) is 30.6 Å². The van der Waals surface area contributed by atoms with Crippen LogP contribution in [0.15, 0.2) is 42.5 Å². The monoisotopic (exact) mass is 481 g/mol. The van der Waals surface area contributed by atoms with Crippen molar-refractivity contribution >= 4 is 15.9 Å². The summed E-state index contributed by atoms with van der Waals surface area (Å²) in [6.07, 6.45) is 0.492. The zero-order valence-corrected chi connectivity index (χ0v) is 19.2. The Morgan fingerprint density at radius 3 is 2.55 bits per heavy atom. The number of phenolic OH excluding ortho intramolecular Hbond substituents is 1. The van der Waals surface area contributed by atoms with Crippen molar-refractivity contribution in [3.63, 3.8) is 0 Å². The van der Waals surface area contributed by atoms with Gasteiger partial charge in [-0.1, -0.05) is 22.7 Å². The standard InChI is InChI=1S/C22H28FN3O6S/c1-3-26(29)33(30,31)21(25-20(28)19-17(27)8-5-9-18(19)32-2)22(10-12-24-13-11-22)15-6-4-7-16(23)14-15/h4-9,14,21,24,27,29H,3,10-13H2,1-2H3,(H,25,28). The van der Waals surface area contributed by atoms with Gasteiger partial charge in [-0.15, -0.1) is 0 Å². The van der Waals surface area contributed by atoms with E-state index in [1.54, 1.807) is 6.07 Å². The van der Waals surface area contributed by atoms with E-state index in [2.05, 4.69) is 10.6 Å². The largest absolute Gasteiger partial charge is 0.507 e. The summed E-state index contributed by atoms with van der Waals surface area (Å²) in [5.41, 5.74) is -1.12. The lowest BCUT2D eigenvalue weighted by atomic mass is 9.72. The molecule has 1 unspecified atom stereocenters. The van der Waals surface area contributed by atoms with Crippen molar-refractivity contribution < 1.29 is 32.7 Å². The van der Waals surface area contributed by atoms with E-state index in [1.807, 2.05) is 0 Å². The fraction of sp³-hybridized carbons (Fsp3) is 0.409. The Morgan fingerprint density at radius 2 is 1.94 bits per heavy atom. The first kappa shape index (κ1) is 24.9. The lowest BCUT2D eigenvalue weighted by Gasteiger charge is -2.44. The summed E-state index contributed by atoms with van der Waals surface area (Å²) in [5.74, 6) is -1.81. The van der Waals surface area contributed by atoms with E-state index in [9.17, 15) is 27.9 Å². The van der Waals surface area contributed by atoms with Crippen molar-refractivity contribution in [1.29, 1.82) is 0 Å². The number of piperidine rings is 1. The molecular formula is C22H28FN3O6S. The summed E-state index contributed by atoms with van der Waals surface area (Å²) < 4.78 is 46.5. The molecule has 1 saturated heterocycles. The van der Waals surface area contributed by atoms with E-state index in [4.69, 9.17) is 4.74 Å². The second-order valence-electron chi connectivity index (χ2n) is 7.81. The van der Waals surface area contributed by atoms with Gasteiger partial charge in [0.25, 0.3) is 15.9 Å². The number of hydroxylamine groups is 1. The van der Waals surface area contributed by atoms with Crippen LogP contribution in [0.3, 0.4) is 0 Å². The van der Waals surface area contributed by atoms with E-state index in [0.717, 1.165) is 0 Å². The molecule has 9 nitrogen and oxygen atoms in total. The van der Waals surface area contributed by atoms with Crippen molar-refractivity contribution in [3.8, 4) is 11.5 Å². The van der Waals surface area contributed by atoms with Crippen LogP contribution in [0, 0.1) is 5.82 Å². The number of rotatable bonds is 8. The van der Waals surface area contributed by atoms with Gasteiger partial charge in [-0.05, 0) is 62.7 Å².